The minimum absolute atomic E-state index is 0.161. The summed E-state index contributed by atoms with van der Waals surface area (Å²) < 4.78 is 29.0. The Hall–Kier alpha value is -5.71. The van der Waals surface area contributed by atoms with E-state index in [1.165, 1.54) is 14.2 Å². The molecule has 1 saturated heterocycles. The van der Waals surface area contributed by atoms with Crippen LogP contribution in [0, 0.1) is 6.92 Å². The first-order chi connectivity index (χ1) is 23.3. The summed E-state index contributed by atoms with van der Waals surface area (Å²) in [6.45, 7) is 2.24. The lowest BCUT2D eigenvalue weighted by Crippen LogP contribution is -2.45. The van der Waals surface area contributed by atoms with Crippen molar-refractivity contribution < 1.29 is 38.1 Å². The van der Waals surface area contributed by atoms with Crippen molar-refractivity contribution in [1.82, 2.24) is 15.5 Å². The van der Waals surface area contributed by atoms with Crippen LogP contribution in [0.1, 0.15) is 21.5 Å². The lowest BCUT2D eigenvalue weighted by Gasteiger charge is -2.23. The summed E-state index contributed by atoms with van der Waals surface area (Å²) in [6, 6.07) is 24.8. The fourth-order valence-electron chi connectivity index (χ4n) is 5.77. The molecule has 3 heterocycles. The lowest BCUT2D eigenvalue weighted by molar-refractivity contribution is -0.132. The fraction of sp³-hybridized carbons (Fsp3) is 0.270. The second kappa shape index (κ2) is 14.4. The van der Waals surface area contributed by atoms with Gasteiger partial charge in [-0.1, -0.05) is 36.4 Å². The van der Waals surface area contributed by atoms with E-state index >= 15 is 0 Å². The van der Waals surface area contributed by atoms with E-state index in [1.807, 2.05) is 49.4 Å². The lowest BCUT2D eigenvalue weighted by atomic mass is 9.97. The van der Waals surface area contributed by atoms with Gasteiger partial charge < -0.3 is 39.2 Å². The van der Waals surface area contributed by atoms with Crippen LogP contribution in [-0.2, 0) is 16.1 Å². The van der Waals surface area contributed by atoms with Crippen molar-refractivity contribution in [3.8, 4) is 39.9 Å². The Morgan fingerprint density at radius 3 is 2.50 bits per heavy atom. The summed E-state index contributed by atoms with van der Waals surface area (Å²) in [5, 5.41) is 5.99. The molecule has 2 N–H and O–H groups in total. The third-order valence-corrected chi connectivity index (χ3v) is 8.37. The van der Waals surface area contributed by atoms with Crippen molar-refractivity contribution in [2.24, 2.45) is 0 Å². The molecule has 11 heteroatoms. The number of amides is 3. The fourth-order valence-corrected chi connectivity index (χ4v) is 5.77. The van der Waals surface area contributed by atoms with Gasteiger partial charge in [0.15, 0.2) is 36.2 Å². The zero-order chi connectivity index (χ0) is 33.6. The van der Waals surface area contributed by atoms with Crippen LogP contribution in [0.25, 0.3) is 11.1 Å². The number of likely N-dealkylation sites (tertiary alicyclic amines) is 1. The average Bonchev–Trinajstić information content (AvgIpc) is 3.50. The van der Waals surface area contributed by atoms with E-state index in [2.05, 4.69) is 10.6 Å². The number of carbonyl (C=O) groups excluding carboxylic acids is 3. The predicted octanol–water partition coefficient (Wildman–Crippen LogP) is 4.16. The van der Waals surface area contributed by atoms with E-state index in [-0.39, 0.29) is 50.6 Å². The molecule has 0 saturated carbocycles. The highest BCUT2D eigenvalue weighted by Crippen LogP contribution is 2.32. The Kier molecular flexibility index (Phi) is 9.65. The standard InChI is InChI=1S/C37H37N3O8/c1-23-11-13-26-17-28(23)25-7-6-8-27(16-25)46-21-35(41)38-18-24-12-14-32(33(15-24)45-3)48-34-20-40(19-29(34)39-37(26)43)36(42)22-47-31-10-5-4-9-30(31)44-2/h4-17,29,34H,18-22H2,1-3H3,(H,38,41)(H,39,43)/t29-,34-/m0/s1. The summed E-state index contributed by atoms with van der Waals surface area (Å²) >= 11 is 0. The second-order valence-corrected chi connectivity index (χ2v) is 11.6. The van der Waals surface area contributed by atoms with Crippen LogP contribution in [0.3, 0.4) is 0 Å². The molecule has 3 aliphatic rings. The quantitative estimate of drug-likeness (QED) is 0.330. The molecule has 0 unspecified atom stereocenters. The Morgan fingerprint density at radius 1 is 0.875 bits per heavy atom. The van der Waals surface area contributed by atoms with Crippen LogP contribution in [0.15, 0.2) is 84.9 Å². The zero-order valence-electron chi connectivity index (χ0n) is 27.0. The van der Waals surface area contributed by atoms with Crippen molar-refractivity contribution in [3.05, 3.63) is 102 Å². The monoisotopic (exact) mass is 651 g/mol. The Balaban J connectivity index is 1.30. The van der Waals surface area contributed by atoms with Crippen molar-refractivity contribution >= 4 is 17.7 Å². The van der Waals surface area contributed by atoms with E-state index < -0.39 is 12.1 Å². The first kappa shape index (κ1) is 32.2. The summed E-state index contributed by atoms with van der Waals surface area (Å²) in [4.78, 5) is 41.4. The van der Waals surface area contributed by atoms with Gasteiger partial charge in [-0.2, -0.15) is 0 Å². The number of para-hydroxylation sites is 2. The third kappa shape index (κ3) is 7.30. The van der Waals surface area contributed by atoms with Gasteiger partial charge in [-0.25, -0.2) is 0 Å². The summed E-state index contributed by atoms with van der Waals surface area (Å²) in [5.74, 6) is 1.53. The molecule has 4 aromatic carbocycles. The molecule has 0 radical (unpaired) electrons. The van der Waals surface area contributed by atoms with E-state index in [9.17, 15) is 14.4 Å². The molecule has 1 fully saturated rings. The zero-order valence-corrected chi connectivity index (χ0v) is 27.0. The Morgan fingerprint density at radius 2 is 1.69 bits per heavy atom. The Bertz CT molecular complexity index is 1830. The highest BCUT2D eigenvalue weighted by Gasteiger charge is 2.38. The van der Waals surface area contributed by atoms with Gasteiger partial charge in [-0.05, 0) is 77.7 Å². The van der Waals surface area contributed by atoms with Crippen LogP contribution >= 0.6 is 0 Å². The number of hydrogen-bond acceptors (Lipinski definition) is 8. The third-order valence-electron chi connectivity index (χ3n) is 8.37. The van der Waals surface area contributed by atoms with Gasteiger partial charge in [0, 0.05) is 18.7 Å². The van der Waals surface area contributed by atoms with Gasteiger partial charge in [0.25, 0.3) is 17.7 Å². The largest absolute Gasteiger partial charge is 0.493 e. The first-order valence-electron chi connectivity index (χ1n) is 15.6. The topological polar surface area (TPSA) is 125 Å². The van der Waals surface area contributed by atoms with Gasteiger partial charge in [-0.15, -0.1) is 0 Å². The maximum Gasteiger partial charge on any atom is 0.260 e. The maximum absolute atomic E-state index is 13.8. The van der Waals surface area contributed by atoms with Gasteiger partial charge in [0.1, 0.15) is 11.9 Å². The molecule has 48 heavy (non-hydrogen) atoms. The number of rotatable bonds is 5. The molecule has 2 atom stereocenters. The van der Waals surface area contributed by atoms with Crippen molar-refractivity contribution in [3.63, 3.8) is 0 Å². The number of ether oxygens (including phenoxy) is 5. The van der Waals surface area contributed by atoms with Crippen molar-refractivity contribution in [2.75, 3.05) is 40.5 Å². The molecule has 0 aromatic heterocycles. The highest BCUT2D eigenvalue weighted by molar-refractivity contribution is 5.96. The molecular weight excluding hydrogens is 614 g/mol. The molecule has 7 rings (SSSR count). The van der Waals surface area contributed by atoms with Gasteiger partial charge in [0.2, 0.25) is 0 Å². The van der Waals surface area contributed by atoms with Crippen LogP contribution in [0.5, 0.6) is 28.7 Å². The smallest absolute Gasteiger partial charge is 0.260 e. The highest BCUT2D eigenvalue weighted by atomic mass is 16.5. The van der Waals surface area contributed by atoms with Crippen LogP contribution in [0.4, 0.5) is 0 Å². The molecule has 4 aromatic rings. The van der Waals surface area contributed by atoms with Crippen LogP contribution < -0.4 is 34.3 Å². The van der Waals surface area contributed by atoms with Crippen molar-refractivity contribution in [2.45, 2.75) is 25.6 Å². The number of carbonyl (C=O) groups is 3. The van der Waals surface area contributed by atoms with E-state index in [0.717, 1.165) is 22.3 Å². The minimum Gasteiger partial charge on any atom is -0.493 e. The number of nitrogens with zero attached hydrogens (tertiary/aromatic N) is 1. The minimum atomic E-state index is -0.604. The van der Waals surface area contributed by atoms with E-state index in [1.54, 1.807) is 47.4 Å². The van der Waals surface area contributed by atoms with Gasteiger partial charge in [0.05, 0.1) is 26.8 Å². The molecular formula is C37H37N3O8. The number of aryl methyl sites for hydroxylation is 1. The number of hydrogen-bond donors (Lipinski definition) is 2. The molecule has 3 aliphatic heterocycles. The summed E-state index contributed by atoms with van der Waals surface area (Å²) in [5.41, 5.74) is 3.89. The number of methoxy groups -OCH3 is 2. The molecule has 248 valence electrons. The van der Waals surface area contributed by atoms with Gasteiger partial charge in [-0.3, -0.25) is 14.4 Å². The average molecular weight is 652 g/mol. The summed E-state index contributed by atoms with van der Waals surface area (Å²) in [7, 11) is 3.06. The van der Waals surface area contributed by atoms with Crippen LogP contribution in [0.2, 0.25) is 0 Å². The molecule has 3 amide bonds. The maximum atomic E-state index is 13.8. The van der Waals surface area contributed by atoms with Crippen molar-refractivity contribution in [1.29, 1.82) is 0 Å². The molecule has 6 bridgehead atoms. The Labute approximate surface area is 278 Å². The number of nitrogens with one attached hydrogen (secondary N) is 2. The van der Waals surface area contributed by atoms with Crippen LogP contribution in [-0.4, -0.2) is 75.3 Å². The summed E-state index contributed by atoms with van der Waals surface area (Å²) in [6.07, 6.45) is -0.604. The second-order valence-electron chi connectivity index (χ2n) is 11.6. The normalized spacial score (nSPS) is 17.6. The molecule has 11 nitrogen and oxygen atoms in total. The van der Waals surface area contributed by atoms with E-state index in [0.29, 0.717) is 34.3 Å². The first-order valence-corrected chi connectivity index (χ1v) is 15.6. The molecule has 0 spiro atoms. The SMILES string of the molecule is COc1ccccc1OCC(=O)N1C[C@@H]2NC(=O)c3ccc(C)c(c3)-c3cccc(c3)OCC(=O)NCc3ccc(c(OC)c3)O[C@H]2C1. The van der Waals surface area contributed by atoms with Gasteiger partial charge >= 0.3 is 0 Å². The van der Waals surface area contributed by atoms with E-state index in [4.69, 9.17) is 23.7 Å². The number of benzene rings is 4. The molecule has 0 aliphatic carbocycles. The predicted molar refractivity (Wildman–Crippen MR) is 178 cm³/mol. The number of fused-ring (bicyclic) bond motifs is 7.